The minimum Gasteiger partial charge on any atom is -0.371 e. The lowest BCUT2D eigenvalue weighted by atomic mass is 10.2. The van der Waals surface area contributed by atoms with Crippen LogP contribution in [0.2, 0.25) is 0 Å². The maximum absolute atomic E-state index is 12.3. The van der Waals surface area contributed by atoms with Crippen LogP contribution in [0.1, 0.15) is 31.2 Å². The summed E-state index contributed by atoms with van der Waals surface area (Å²) in [6.45, 7) is 2.15. The van der Waals surface area contributed by atoms with Crippen LogP contribution in [0.4, 0.5) is 5.69 Å². The molecular weight excluding hydrogens is 334 g/mol. The van der Waals surface area contributed by atoms with Crippen molar-refractivity contribution in [1.82, 2.24) is 9.97 Å². The average molecular weight is 357 g/mol. The second-order valence-electron chi connectivity index (χ2n) is 6.21. The first-order chi connectivity index (χ1) is 12.1. The van der Waals surface area contributed by atoms with E-state index in [2.05, 4.69) is 22.2 Å². The van der Waals surface area contributed by atoms with Crippen LogP contribution >= 0.6 is 0 Å². The summed E-state index contributed by atoms with van der Waals surface area (Å²) >= 11 is 0. The third kappa shape index (κ3) is 4.82. The van der Waals surface area contributed by atoms with E-state index >= 15 is 0 Å². The lowest BCUT2D eigenvalue weighted by Gasteiger charge is -2.08. The number of hydrogen-bond donors (Lipinski definition) is 2. The Bertz CT molecular complexity index is 934. The molecule has 0 spiro atoms. The van der Waals surface area contributed by atoms with Gasteiger partial charge in [-0.2, -0.15) is 0 Å². The van der Waals surface area contributed by atoms with Crippen LogP contribution in [0.3, 0.4) is 0 Å². The number of anilines is 1. The quantitative estimate of drug-likeness (QED) is 0.641. The maximum atomic E-state index is 12.3. The molecule has 0 fully saturated rings. The Morgan fingerprint density at radius 2 is 1.92 bits per heavy atom. The molecule has 0 saturated carbocycles. The number of aromatic nitrogens is 2. The summed E-state index contributed by atoms with van der Waals surface area (Å²) in [5.74, 6) is 0.920. The number of unbranched alkanes of at least 4 members (excludes halogenated alkanes) is 1. The zero-order chi connectivity index (χ0) is 17.7. The molecule has 1 heterocycles. The molecular formula is C19H23N3O2S. The van der Waals surface area contributed by atoms with E-state index in [0.717, 1.165) is 47.4 Å². The van der Waals surface area contributed by atoms with E-state index in [-0.39, 0.29) is 11.6 Å². The number of hydrogen-bond acceptors (Lipinski definition) is 4. The summed E-state index contributed by atoms with van der Waals surface area (Å²) in [6.07, 6.45) is 3.16. The van der Waals surface area contributed by atoms with Gasteiger partial charge in [0.1, 0.15) is 11.7 Å². The summed E-state index contributed by atoms with van der Waals surface area (Å²) in [5, 5.41) is 3.01. The van der Waals surface area contributed by atoms with Crippen LogP contribution in [0.25, 0.3) is 11.0 Å². The number of aryl methyl sites for hydroxylation is 1. The third-order valence-electron chi connectivity index (χ3n) is 4.02. The molecule has 0 atom stereocenters. The predicted octanol–water partition coefficient (Wildman–Crippen LogP) is 3.89. The first kappa shape index (κ1) is 17.5. The van der Waals surface area contributed by atoms with Crippen molar-refractivity contribution < 1.29 is 8.42 Å². The van der Waals surface area contributed by atoms with Crippen molar-refractivity contribution in [3.05, 3.63) is 59.9 Å². The highest BCUT2D eigenvalue weighted by Gasteiger charge is 2.12. The SMILES string of the molecule is CCCCc1nc2ccc(NCS(=O)(=O)Cc3ccccc3)cc2[nH]1. The number of nitrogens with one attached hydrogen (secondary N) is 2. The van der Waals surface area contributed by atoms with E-state index < -0.39 is 9.84 Å². The molecule has 0 radical (unpaired) electrons. The van der Waals surface area contributed by atoms with Crippen LogP contribution in [0.15, 0.2) is 48.5 Å². The molecule has 2 N–H and O–H groups in total. The molecule has 2 aromatic carbocycles. The van der Waals surface area contributed by atoms with Crippen molar-refractivity contribution in [2.24, 2.45) is 0 Å². The highest BCUT2D eigenvalue weighted by atomic mass is 32.2. The lowest BCUT2D eigenvalue weighted by molar-refractivity contribution is 0.597. The van der Waals surface area contributed by atoms with Crippen LogP contribution in [-0.4, -0.2) is 24.3 Å². The van der Waals surface area contributed by atoms with Gasteiger partial charge in [-0.05, 0) is 30.2 Å². The van der Waals surface area contributed by atoms with Crippen molar-refractivity contribution in [3.63, 3.8) is 0 Å². The second kappa shape index (κ2) is 7.70. The smallest absolute Gasteiger partial charge is 0.172 e. The first-order valence-corrected chi connectivity index (χ1v) is 10.3. The Morgan fingerprint density at radius 3 is 2.68 bits per heavy atom. The Kier molecular flexibility index (Phi) is 5.38. The van der Waals surface area contributed by atoms with E-state index in [1.54, 1.807) is 0 Å². The molecule has 1 aromatic heterocycles. The van der Waals surface area contributed by atoms with Crippen molar-refractivity contribution in [2.75, 3.05) is 11.2 Å². The molecule has 0 amide bonds. The van der Waals surface area contributed by atoms with Crippen LogP contribution in [0.5, 0.6) is 0 Å². The highest BCUT2D eigenvalue weighted by Crippen LogP contribution is 2.18. The van der Waals surface area contributed by atoms with Gasteiger partial charge in [0, 0.05) is 12.1 Å². The zero-order valence-electron chi connectivity index (χ0n) is 14.3. The van der Waals surface area contributed by atoms with Gasteiger partial charge in [-0.3, -0.25) is 0 Å². The molecule has 5 nitrogen and oxygen atoms in total. The number of rotatable bonds is 8. The van der Waals surface area contributed by atoms with Crippen molar-refractivity contribution in [1.29, 1.82) is 0 Å². The largest absolute Gasteiger partial charge is 0.371 e. The number of sulfone groups is 1. The molecule has 0 aliphatic heterocycles. The second-order valence-corrected chi connectivity index (χ2v) is 8.28. The predicted molar refractivity (Wildman–Crippen MR) is 102 cm³/mol. The van der Waals surface area contributed by atoms with Gasteiger partial charge in [0.15, 0.2) is 9.84 Å². The first-order valence-electron chi connectivity index (χ1n) is 8.52. The van der Waals surface area contributed by atoms with Gasteiger partial charge < -0.3 is 10.3 Å². The number of fused-ring (bicyclic) bond motifs is 1. The van der Waals surface area contributed by atoms with Crippen molar-refractivity contribution in [3.8, 4) is 0 Å². The summed E-state index contributed by atoms with van der Waals surface area (Å²) < 4.78 is 24.6. The van der Waals surface area contributed by atoms with E-state index in [9.17, 15) is 8.42 Å². The number of H-pyrrole nitrogens is 1. The van der Waals surface area contributed by atoms with Crippen LogP contribution in [0, 0.1) is 0 Å². The minimum absolute atomic E-state index is 0.0360. The van der Waals surface area contributed by atoms with E-state index in [1.165, 1.54) is 0 Å². The van der Waals surface area contributed by atoms with E-state index in [0.29, 0.717) is 0 Å². The molecule has 0 unspecified atom stereocenters. The number of imidazole rings is 1. The fourth-order valence-electron chi connectivity index (χ4n) is 2.71. The average Bonchev–Trinajstić information content (AvgIpc) is 3.01. The summed E-state index contributed by atoms with van der Waals surface area (Å²) in [6, 6.07) is 14.9. The van der Waals surface area contributed by atoms with Crippen LogP contribution in [-0.2, 0) is 22.0 Å². The zero-order valence-corrected chi connectivity index (χ0v) is 15.1. The van der Waals surface area contributed by atoms with Gasteiger partial charge in [-0.25, -0.2) is 13.4 Å². The molecule has 0 bridgehead atoms. The fourth-order valence-corrected chi connectivity index (χ4v) is 3.90. The number of nitrogens with zero attached hydrogens (tertiary/aromatic N) is 1. The molecule has 25 heavy (non-hydrogen) atoms. The standard InChI is InChI=1S/C19H23N3O2S/c1-2-3-9-19-21-17-11-10-16(12-18(17)22-19)20-14-25(23,24)13-15-7-5-4-6-8-15/h4-8,10-12,20H,2-3,9,13-14H2,1H3,(H,21,22). The normalized spacial score (nSPS) is 11.7. The van der Waals surface area contributed by atoms with Gasteiger partial charge in [-0.1, -0.05) is 43.7 Å². The molecule has 3 aromatic rings. The Morgan fingerprint density at radius 1 is 1.12 bits per heavy atom. The van der Waals surface area contributed by atoms with Gasteiger partial charge in [0.05, 0.1) is 16.8 Å². The van der Waals surface area contributed by atoms with Crippen molar-refractivity contribution in [2.45, 2.75) is 31.9 Å². The minimum atomic E-state index is -3.23. The van der Waals surface area contributed by atoms with Gasteiger partial charge in [-0.15, -0.1) is 0 Å². The van der Waals surface area contributed by atoms with E-state index in [4.69, 9.17) is 0 Å². The topological polar surface area (TPSA) is 74.8 Å². The molecule has 0 saturated heterocycles. The lowest BCUT2D eigenvalue weighted by Crippen LogP contribution is -2.16. The summed E-state index contributed by atoms with van der Waals surface area (Å²) in [5.41, 5.74) is 3.41. The molecule has 0 aliphatic carbocycles. The molecule has 6 heteroatoms. The van der Waals surface area contributed by atoms with Crippen LogP contribution < -0.4 is 5.32 Å². The molecule has 3 rings (SSSR count). The number of aromatic amines is 1. The maximum Gasteiger partial charge on any atom is 0.172 e. The third-order valence-corrected chi connectivity index (χ3v) is 5.38. The summed E-state index contributed by atoms with van der Waals surface area (Å²) in [7, 11) is -3.23. The molecule has 0 aliphatic rings. The van der Waals surface area contributed by atoms with Crippen molar-refractivity contribution >= 4 is 26.6 Å². The number of benzene rings is 2. The Hall–Kier alpha value is -2.34. The Labute approximate surface area is 148 Å². The van der Waals surface area contributed by atoms with Gasteiger partial charge in [0.25, 0.3) is 0 Å². The summed E-state index contributed by atoms with van der Waals surface area (Å²) in [4.78, 5) is 7.86. The fraction of sp³-hybridized carbons (Fsp3) is 0.316. The molecule has 132 valence electrons. The van der Waals surface area contributed by atoms with Gasteiger partial charge >= 0.3 is 0 Å². The van der Waals surface area contributed by atoms with E-state index in [1.807, 2.05) is 48.5 Å². The highest BCUT2D eigenvalue weighted by molar-refractivity contribution is 7.90. The Balaban J connectivity index is 1.66. The monoisotopic (exact) mass is 357 g/mol. The van der Waals surface area contributed by atoms with Gasteiger partial charge in [0.2, 0.25) is 0 Å².